The summed E-state index contributed by atoms with van der Waals surface area (Å²) in [6.07, 6.45) is 1.04. The molecule has 2 heterocycles. The van der Waals surface area contributed by atoms with E-state index in [0.29, 0.717) is 10.5 Å². The summed E-state index contributed by atoms with van der Waals surface area (Å²) in [6.45, 7) is 3.89. The van der Waals surface area contributed by atoms with Gasteiger partial charge < -0.3 is 9.47 Å². The number of benzene rings is 1. The van der Waals surface area contributed by atoms with E-state index in [1.807, 2.05) is 6.92 Å². The molecule has 0 amide bonds. The lowest BCUT2D eigenvalue weighted by atomic mass is 10.2. The van der Waals surface area contributed by atoms with Gasteiger partial charge in [0.2, 0.25) is 0 Å². The molecule has 1 aliphatic heterocycles. The molecule has 0 spiro atoms. The van der Waals surface area contributed by atoms with Gasteiger partial charge in [-0.3, -0.25) is 0 Å². The van der Waals surface area contributed by atoms with E-state index in [2.05, 4.69) is 37.4 Å². The molecule has 20 heavy (non-hydrogen) atoms. The predicted octanol–water partition coefficient (Wildman–Crippen LogP) is 4.11. The van der Waals surface area contributed by atoms with Crippen molar-refractivity contribution in [1.82, 2.24) is 14.5 Å². The molecular weight excluding hydrogens is 345 g/mol. The molecule has 1 aromatic carbocycles. The zero-order chi connectivity index (χ0) is 14.4. The molecule has 0 radical (unpaired) electrons. The Labute approximate surface area is 130 Å². The van der Waals surface area contributed by atoms with E-state index in [1.165, 1.54) is 0 Å². The summed E-state index contributed by atoms with van der Waals surface area (Å²) < 4.78 is 16.4. The van der Waals surface area contributed by atoms with Crippen molar-refractivity contribution in [2.24, 2.45) is 0 Å². The fourth-order valence-corrected chi connectivity index (χ4v) is 3.38. The zero-order valence-electron chi connectivity index (χ0n) is 11.4. The molecule has 0 aliphatic carbocycles. The highest BCUT2D eigenvalue weighted by atomic mass is 79.9. The number of alkyl halides is 1. The Kier molecular flexibility index (Phi) is 3.77. The van der Waals surface area contributed by atoms with E-state index in [9.17, 15) is 4.39 Å². The van der Waals surface area contributed by atoms with Crippen LogP contribution in [0.5, 0.6) is 0 Å². The number of fused-ring (bicyclic) bond motifs is 1. The second-order valence-electron chi connectivity index (χ2n) is 5.42. The van der Waals surface area contributed by atoms with Crippen LogP contribution in [-0.4, -0.2) is 34.6 Å². The highest BCUT2D eigenvalue weighted by Gasteiger charge is 2.27. The van der Waals surface area contributed by atoms with Crippen LogP contribution >= 0.6 is 27.5 Å². The fourth-order valence-electron chi connectivity index (χ4n) is 2.90. The standard InChI is InChI=1S/C14H16BrClFN3/c1-8(16)14-18-12-5-10(15)11(17)6-13(12)20(14)9-3-4-19(2)7-9/h5-6,8-9H,3-4,7H2,1-2H3. The fraction of sp³-hybridized carbons (Fsp3) is 0.500. The molecule has 1 aromatic heterocycles. The number of aromatic nitrogens is 2. The predicted molar refractivity (Wildman–Crippen MR) is 82.8 cm³/mol. The van der Waals surface area contributed by atoms with Crippen LogP contribution in [0.4, 0.5) is 4.39 Å². The summed E-state index contributed by atoms with van der Waals surface area (Å²) in [6, 6.07) is 3.58. The lowest BCUT2D eigenvalue weighted by Crippen LogP contribution is -2.18. The number of hydrogen-bond donors (Lipinski definition) is 0. The first kappa shape index (κ1) is 14.3. The molecule has 0 saturated carbocycles. The average Bonchev–Trinajstić information content (AvgIpc) is 2.94. The summed E-state index contributed by atoms with van der Waals surface area (Å²) in [7, 11) is 2.10. The molecule has 2 atom stereocenters. The third-order valence-electron chi connectivity index (χ3n) is 3.85. The lowest BCUT2D eigenvalue weighted by molar-refractivity contribution is 0.392. The summed E-state index contributed by atoms with van der Waals surface area (Å²) in [5.41, 5.74) is 1.61. The van der Waals surface area contributed by atoms with Crippen molar-refractivity contribution in [3.63, 3.8) is 0 Å². The summed E-state index contributed by atoms with van der Waals surface area (Å²) in [5, 5.41) is -0.199. The summed E-state index contributed by atoms with van der Waals surface area (Å²) >= 11 is 9.49. The van der Waals surface area contributed by atoms with Crippen molar-refractivity contribution >= 4 is 38.6 Å². The third-order valence-corrected chi connectivity index (χ3v) is 4.65. The Morgan fingerprint density at radius 2 is 2.25 bits per heavy atom. The smallest absolute Gasteiger partial charge is 0.139 e. The third kappa shape index (κ3) is 2.36. The van der Waals surface area contributed by atoms with Crippen LogP contribution in [0.15, 0.2) is 16.6 Å². The quantitative estimate of drug-likeness (QED) is 0.751. The molecule has 1 saturated heterocycles. The molecule has 6 heteroatoms. The van der Waals surface area contributed by atoms with E-state index in [-0.39, 0.29) is 11.2 Å². The SMILES string of the molecule is CC(Cl)c1nc2cc(Br)c(F)cc2n1C1CCN(C)C1. The van der Waals surface area contributed by atoms with Crippen molar-refractivity contribution < 1.29 is 4.39 Å². The van der Waals surface area contributed by atoms with Crippen molar-refractivity contribution in [3.8, 4) is 0 Å². The Hall–Kier alpha value is -0.650. The molecule has 1 aliphatic rings. The summed E-state index contributed by atoms with van der Waals surface area (Å²) in [4.78, 5) is 6.87. The molecule has 108 valence electrons. The molecule has 3 rings (SSSR count). The normalized spacial score (nSPS) is 21.8. The highest BCUT2D eigenvalue weighted by Crippen LogP contribution is 2.33. The molecule has 0 N–H and O–H groups in total. The maximum absolute atomic E-state index is 13.9. The second-order valence-corrected chi connectivity index (χ2v) is 6.92. The van der Waals surface area contributed by atoms with Gasteiger partial charge in [-0.15, -0.1) is 11.6 Å². The van der Waals surface area contributed by atoms with Gasteiger partial charge in [-0.2, -0.15) is 0 Å². The van der Waals surface area contributed by atoms with Gasteiger partial charge in [0.15, 0.2) is 0 Å². The van der Waals surface area contributed by atoms with Crippen LogP contribution < -0.4 is 0 Å². The zero-order valence-corrected chi connectivity index (χ0v) is 13.7. The van der Waals surface area contributed by atoms with Crippen LogP contribution in [-0.2, 0) is 0 Å². The summed E-state index contributed by atoms with van der Waals surface area (Å²) in [5.74, 6) is 0.554. The number of likely N-dealkylation sites (tertiary alicyclic amines) is 1. The first-order valence-corrected chi connectivity index (χ1v) is 7.90. The number of hydrogen-bond acceptors (Lipinski definition) is 2. The Morgan fingerprint density at radius 3 is 2.85 bits per heavy atom. The first-order valence-electron chi connectivity index (χ1n) is 6.67. The van der Waals surface area contributed by atoms with Crippen LogP contribution in [0.1, 0.15) is 30.6 Å². The van der Waals surface area contributed by atoms with Gasteiger partial charge >= 0.3 is 0 Å². The molecule has 0 bridgehead atoms. The number of imidazole rings is 1. The van der Waals surface area contributed by atoms with E-state index in [0.717, 1.165) is 36.4 Å². The Bertz CT molecular complexity index is 655. The van der Waals surface area contributed by atoms with Crippen LogP contribution in [0.2, 0.25) is 0 Å². The number of rotatable bonds is 2. The van der Waals surface area contributed by atoms with Crippen LogP contribution in [0.3, 0.4) is 0 Å². The minimum absolute atomic E-state index is 0.199. The number of nitrogens with zero attached hydrogens (tertiary/aromatic N) is 3. The van der Waals surface area contributed by atoms with Gasteiger partial charge in [-0.25, -0.2) is 9.37 Å². The van der Waals surface area contributed by atoms with Crippen molar-refractivity contribution in [3.05, 3.63) is 28.2 Å². The molecule has 2 aromatic rings. The van der Waals surface area contributed by atoms with Crippen LogP contribution in [0, 0.1) is 5.82 Å². The first-order chi connectivity index (χ1) is 9.47. The monoisotopic (exact) mass is 359 g/mol. The largest absolute Gasteiger partial charge is 0.322 e. The second kappa shape index (κ2) is 5.28. The van der Waals surface area contributed by atoms with Crippen LogP contribution in [0.25, 0.3) is 11.0 Å². The lowest BCUT2D eigenvalue weighted by Gasteiger charge is -2.18. The minimum Gasteiger partial charge on any atom is -0.322 e. The maximum Gasteiger partial charge on any atom is 0.139 e. The van der Waals surface area contributed by atoms with E-state index < -0.39 is 0 Å². The number of likely N-dealkylation sites (N-methyl/N-ethyl adjacent to an activating group) is 1. The van der Waals surface area contributed by atoms with E-state index in [1.54, 1.807) is 12.1 Å². The topological polar surface area (TPSA) is 21.1 Å². The molecule has 1 fully saturated rings. The van der Waals surface area contributed by atoms with Crippen molar-refractivity contribution in [2.75, 3.05) is 20.1 Å². The van der Waals surface area contributed by atoms with Gasteiger partial charge in [-0.1, -0.05) is 0 Å². The van der Waals surface area contributed by atoms with Gasteiger partial charge in [0.25, 0.3) is 0 Å². The molecule has 2 unspecified atom stereocenters. The molecular formula is C14H16BrClFN3. The van der Waals surface area contributed by atoms with E-state index >= 15 is 0 Å². The van der Waals surface area contributed by atoms with Crippen molar-refractivity contribution in [1.29, 1.82) is 0 Å². The van der Waals surface area contributed by atoms with Gasteiger partial charge in [0.1, 0.15) is 11.6 Å². The molecule has 3 nitrogen and oxygen atoms in total. The van der Waals surface area contributed by atoms with Gasteiger partial charge in [0.05, 0.1) is 20.9 Å². The minimum atomic E-state index is -0.265. The average molecular weight is 361 g/mol. The van der Waals surface area contributed by atoms with Gasteiger partial charge in [-0.05, 0) is 48.9 Å². The Morgan fingerprint density at radius 1 is 1.50 bits per heavy atom. The maximum atomic E-state index is 13.9. The highest BCUT2D eigenvalue weighted by molar-refractivity contribution is 9.10. The Balaban J connectivity index is 2.21. The van der Waals surface area contributed by atoms with Gasteiger partial charge in [0, 0.05) is 18.7 Å². The van der Waals surface area contributed by atoms with E-state index in [4.69, 9.17) is 11.6 Å². The van der Waals surface area contributed by atoms with Crippen molar-refractivity contribution in [2.45, 2.75) is 24.8 Å². The number of halogens is 3.